The molecule has 32 heavy (non-hydrogen) atoms. The van der Waals surface area contributed by atoms with Gasteiger partial charge in [-0.1, -0.05) is 0 Å². The van der Waals surface area contributed by atoms with Crippen LogP contribution >= 0.6 is 0 Å². The number of rotatable bonds is 5. The Balaban J connectivity index is 1.29. The number of nitrogens with zero attached hydrogens (tertiary/aromatic N) is 2. The highest BCUT2D eigenvalue weighted by Crippen LogP contribution is 2.32. The topological polar surface area (TPSA) is 57.3 Å². The smallest absolute Gasteiger partial charge is 0.372 e. The molecule has 2 fully saturated rings. The maximum Gasteiger partial charge on any atom is 0.416 e. The van der Waals surface area contributed by atoms with E-state index < -0.39 is 11.7 Å². The zero-order chi connectivity index (χ0) is 22.6. The molecule has 0 atom stereocenters. The highest BCUT2D eigenvalue weighted by Gasteiger charge is 2.30. The van der Waals surface area contributed by atoms with Crippen molar-refractivity contribution in [2.24, 2.45) is 5.92 Å². The van der Waals surface area contributed by atoms with Gasteiger partial charge in [-0.3, -0.25) is 9.78 Å². The minimum atomic E-state index is -4.31. The lowest BCUT2D eigenvalue weighted by atomic mass is 9.91. The zero-order valence-corrected chi connectivity index (χ0v) is 18.0. The standard InChI is InChI=1S/C24H29F3N4O/c25-24(26,27)19-1-3-22(4-2-19)31-13-8-17(9-14-31)15-21-16-18(5-12-29-21)23(32)30-20-6-10-28-11-7-20/h1-5,12,16-17,20,28H,6-11,13-15H2,(H,30,32). The number of hydrogen-bond donors (Lipinski definition) is 2. The Hall–Kier alpha value is -2.61. The van der Waals surface area contributed by atoms with Gasteiger partial charge < -0.3 is 15.5 Å². The van der Waals surface area contributed by atoms with Crippen molar-refractivity contribution >= 4 is 11.6 Å². The molecule has 1 amide bonds. The Bertz CT molecular complexity index is 902. The zero-order valence-electron chi connectivity index (χ0n) is 18.0. The number of carbonyl (C=O) groups is 1. The van der Waals surface area contributed by atoms with Crippen LogP contribution in [0.5, 0.6) is 0 Å². The molecule has 4 rings (SSSR count). The van der Waals surface area contributed by atoms with Crippen LogP contribution in [0.15, 0.2) is 42.6 Å². The second kappa shape index (κ2) is 9.90. The monoisotopic (exact) mass is 446 g/mol. The van der Waals surface area contributed by atoms with Crippen LogP contribution in [0.25, 0.3) is 0 Å². The fourth-order valence-corrected chi connectivity index (χ4v) is 4.52. The summed E-state index contributed by atoms with van der Waals surface area (Å²) in [7, 11) is 0. The summed E-state index contributed by atoms with van der Waals surface area (Å²) in [5.74, 6) is 0.397. The van der Waals surface area contributed by atoms with Crippen LogP contribution in [0.2, 0.25) is 0 Å². The third-order valence-electron chi connectivity index (χ3n) is 6.43. The lowest BCUT2D eigenvalue weighted by Crippen LogP contribution is -2.42. The number of amides is 1. The molecular formula is C24H29F3N4O. The lowest BCUT2D eigenvalue weighted by molar-refractivity contribution is -0.137. The van der Waals surface area contributed by atoms with E-state index in [4.69, 9.17) is 0 Å². The largest absolute Gasteiger partial charge is 0.416 e. The molecule has 2 aliphatic rings. The first kappa shape index (κ1) is 22.6. The highest BCUT2D eigenvalue weighted by molar-refractivity contribution is 5.94. The van der Waals surface area contributed by atoms with Gasteiger partial charge >= 0.3 is 6.18 Å². The third kappa shape index (κ3) is 5.79. The fourth-order valence-electron chi connectivity index (χ4n) is 4.52. The summed E-state index contributed by atoms with van der Waals surface area (Å²) in [6, 6.07) is 9.25. The van der Waals surface area contributed by atoms with Crippen LogP contribution in [0.1, 0.15) is 47.3 Å². The molecular weight excluding hydrogens is 417 g/mol. The van der Waals surface area contributed by atoms with Gasteiger partial charge in [0.2, 0.25) is 0 Å². The van der Waals surface area contributed by atoms with Crippen molar-refractivity contribution in [2.45, 2.75) is 44.3 Å². The van der Waals surface area contributed by atoms with Crippen molar-refractivity contribution < 1.29 is 18.0 Å². The number of alkyl halides is 3. The summed E-state index contributed by atoms with van der Waals surface area (Å²) < 4.78 is 38.3. The molecule has 3 heterocycles. The van der Waals surface area contributed by atoms with Crippen molar-refractivity contribution in [2.75, 3.05) is 31.1 Å². The molecule has 0 spiro atoms. The van der Waals surface area contributed by atoms with Gasteiger partial charge in [0, 0.05) is 42.3 Å². The molecule has 2 saturated heterocycles. The Morgan fingerprint density at radius 2 is 1.75 bits per heavy atom. The van der Waals surface area contributed by atoms with Gasteiger partial charge in [0.1, 0.15) is 0 Å². The highest BCUT2D eigenvalue weighted by atomic mass is 19.4. The number of halogens is 3. The van der Waals surface area contributed by atoms with Gasteiger partial charge in [-0.25, -0.2) is 0 Å². The second-order valence-electron chi connectivity index (χ2n) is 8.71. The van der Waals surface area contributed by atoms with Crippen LogP contribution < -0.4 is 15.5 Å². The summed E-state index contributed by atoms with van der Waals surface area (Å²) in [6.07, 6.45) is 1.96. The molecule has 172 valence electrons. The van der Waals surface area contributed by atoms with Gasteiger partial charge in [-0.15, -0.1) is 0 Å². The third-order valence-corrected chi connectivity index (χ3v) is 6.43. The summed E-state index contributed by atoms with van der Waals surface area (Å²) >= 11 is 0. The number of aromatic nitrogens is 1. The molecule has 2 aliphatic heterocycles. The normalized spacial score (nSPS) is 18.5. The minimum absolute atomic E-state index is 0.0438. The molecule has 0 unspecified atom stereocenters. The maximum atomic E-state index is 12.8. The number of piperidine rings is 2. The number of nitrogens with one attached hydrogen (secondary N) is 2. The van der Waals surface area contributed by atoms with Crippen LogP contribution in [0.4, 0.5) is 18.9 Å². The van der Waals surface area contributed by atoms with Gasteiger partial charge in [0.05, 0.1) is 5.56 Å². The number of benzene rings is 1. The van der Waals surface area contributed by atoms with Crippen LogP contribution in [-0.2, 0) is 12.6 Å². The molecule has 8 heteroatoms. The van der Waals surface area contributed by atoms with Crippen molar-refractivity contribution in [3.05, 3.63) is 59.4 Å². The quantitative estimate of drug-likeness (QED) is 0.728. The Labute approximate surface area is 186 Å². The summed E-state index contributed by atoms with van der Waals surface area (Å²) in [5.41, 5.74) is 1.77. The van der Waals surface area contributed by atoms with E-state index in [1.54, 1.807) is 24.4 Å². The van der Waals surface area contributed by atoms with Crippen LogP contribution in [0.3, 0.4) is 0 Å². The number of carbonyl (C=O) groups excluding carboxylic acids is 1. The summed E-state index contributed by atoms with van der Waals surface area (Å²) in [4.78, 5) is 19.2. The summed E-state index contributed by atoms with van der Waals surface area (Å²) in [6.45, 7) is 3.45. The maximum absolute atomic E-state index is 12.8. The Kier molecular flexibility index (Phi) is 6.98. The molecule has 0 saturated carbocycles. The SMILES string of the molecule is O=C(NC1CCNCC1)c1ccnc(CC2CCN(c3ccc(C(F)(F)F)cc3)CC2)c1. The molecule has 0 radical (unpaired) electrons. The average Bonchev–Trinajstić information content (AvgIpc) is 2.80. The van der Waals surface area contributed by atoms with Crippen LogP contribution in [0, 0.1) is 5.92 Å². The lowest BCUT2D eigenvalue weighted by Gasteiger charge is -2.33. The predicted octanol–water partition coefficient (Wildman–Crippen LogP) is 4.04. The molecule has 0 aliphatic carbocycles. The first-order chi connectivity index (χ1) is 15.4. The van der Waals surface area contributed by atoms with Gasteiger partial charge in [-0.05, 0) is 87.5 Å². The van der Waals surface area contributed by atoms with E-state index in [0.29, 0.717) is 11.5 Å². The minimum Gasteiger partial charge on any atom is -0.372 e. The molecule has 2 N–H and O–H groups in total. The van der Waals surface area contributed by atoms with E-state index in [1.165, 1.54) is 0 Å². The van der Waals surface area contributed by atoms with Gasteiger partial charge in [0.25, 0.3) is 5.91 Å². The number of anilines is 1. The second-order valence-corrected chi connectivity index (χ2v) is 8.71. The molecule has 1 aromatic heterocycles. The van der Waals surface area contributed by atoms with E-state index in [0.717, 1.165) is 81.8 Å². The van der Waals surface area contributed by atoms with Crippen molar-refractivity contribution in [3.63, 3.8) is 0 Å². The Morgan fingerprint density at radius 3 is 2.41 bits per heavy atom. The van der Waals surface area contributed by atoms with E-state index >= 15 is 0 Å². The first-order valence-electron chi connectivity index (χ1n) is 11.3. The van der Waals surface area contributed by atoms with Crippen molar-refractivity contribution in [1.29, 1.82) is 0 Å². The molecule has 1 aromatic carbocycles. The number of pyridine rings is 1. The van der Waals surface area contributed by atoms with E-state index in [2.05, 4.69) is 20.5 Å². The first-order valence-corrected chi connectivity index (χ1v) is 11.3. The fraction of sp³-hybridized carbons (Fsp3) is 0.500. The van der Waals surface area contributed by atoms with Crippen LogP contribution in [-0.4, -0.2) is 43.1 Å². The van der Waals surface area contributed by atoms with E-state index in [1.807, 2.05) is 6.07 Å². The van der Waals surface area contributed by atoms with Gasteiger partial charge in [0.15, 0.2) is 0 Å². The molecule has 0 bridgehead atoms. The van der Waals surface area contributed by atoms with E-state index in [9.17, 15) is 18.0 Å². The Morgan fingerprint density at radius 1 is 1.06 bits per heavy atom. The summed E-state index contributed by atoms with van der Waals surface area (Å²) in [5, 5.41) is 6.41. The van der Waals surface area contributed by atoms with Crippen molar-refractivity contribution in [3.8, 4) is 0 Å². The molecule has 5 nitrogen and oxygen atoms in total. The molecule has 2 aromatic rings. The number of hydrogen-bond acceptors (Lipinski definition) is 4. The van der Waals surface area contributed by atoms with Gasteiger partial charge in [-0.2, -0.15) is 13.2 Å². The van der Waals surface area contributed by atoms with Crippen molar-refractivity contribution in [1.82, 2.24) is 15.6 Å². The average molecular weight is 447 g/mol. The van der Waals surface area contributed by atoms with E-state index in [-0.39, 0.29) is 11.9 Å². The predicted molar refractivity (Wildman–Crippen MR) is 118 cm³/mol.